The monoisotopic (exact) mass is 352 g/mol. The minimum atomic E-state index is -1.30. The number of rotatable bonds is 6. The van der Waals surface area contributed by atoms with Crippen LogP contribution in [0.25, 0.3) is 0 Å². The van der Waals surface area contributed by atoms with Gasteiger partial charge in [-0.15, -0.1) is 0 Å². The fourth-order valence-electron chi connectivity index (χ4n) is 3.26. The topological polar surface area (TPSA) is 78.9 Å². The molecular weight excluding hydrogens is 324 g/mol. The van der Waals surface area contributed by atoms with Gasteiger partial charge in [-0.05, 0) is 59.8 Å². The molecule has 0 radical (unpaired) electrons. The number of carbonyl (C=O) groups excluding carboxylic acids is 3. The quantitative estimate of drug-likeness (QED) is 0.316. The molecule has 0 aromatic carbocycles. The molecular formula is C19H28O6. The van der Waals surface area contributed by atoms with Crippen LogP contribution in [-0.4, -0.2) is 36.7 Å². The van der Waals surface area contributed by atoms with E-state index in [2.05, 4.69) is 0 Å². The van der Waals surface area contributed by atoms with Crippen LogP contribution in [0.2, 0.25) is 0 Å². The molecule has 0 spiro atoms. The Hall–Kier alpha value is -1.85. The molecule has 0 heterocycles. The summed E-state index contributed by atoms with van der Waals surface area (Å²) >= 11 is 0. The van der Waals surface area contributed by atoms with E-state index < -0.39 is 23.0 Å². The third kappa shape index (κ3) is 4.22. The largest absolute Gasteiger partial charge is 0.465 e. The van der Waals surface area contributed by atoms with Crippen molar-refractivity contribution in [3.63, 3.8) is 0 Å². The normalized spacial score (nSPS) is 24.3. The van der Waals surface area contributed by atoms with Crippen LogP contribution >= 0.6 is 0 Å². The highest BCUT2D eigenvalue weighted by Gasteiger charge is 2.56. The Morgan fingerprint density at radius 3 is 2.16 bits per heavy atom. The Kier molecular flexibility index (Phi) is 5.59. The third-order valence-electron chi connectivity index (χ3n) is 4.53. The van der Waals surface area contributed by atoms with Crippen molar-refractivity contribution in [3.05, 3.63) is 11.6 Å². The summed E-state index contributed by atoms with van der Waals surface area (Å²) in [6.07, 6.45) is 3.11. The van der Waals surface area contributed by atoms with Crippen LogP contribution in [0.4, 0.5) is 0 Å². The summed E-state index contributed by atoms with van der Waals surface area (Å²) < 4.78 is 15.7. The Bertz CT molecular complexity index is 565. The van der Waals surface area contributed by atoms with Crippen LogP contribution in [-0.2, 0) is 28.6 Å². The molecule has 0 bridgehead atoms. The van der Waals surface area contributed by atoms with Crippen molar-refractivity contribution < 1.29 is 28.6 Å². The molecule has 6 nitrogen and oxygen atoms in total. The highest BCUT2D eigenvalue weighted by molar-refractivity contribution is 6.01. The minimum Gasteiger partial charge on any atom is -0.465 e. The van der Waals surface area contributed by atoms with E-state index in [0.29, 0.717) is 6.42 Å². The summed E-state index contributed by atoms with van der Waals surface area (Å²) in [6.45, 7) is 9.34. The molecule has 0 amide bonds. The molecule has 2 aliphatic carbocycles. The summed E-state index contributed by atoms with van der Waals surface area (Å²) in [4.78, 5) is 37.0. The lowest BCUT2D eigenvalue weighted by Gasteiger charge is -2.24. The lowest BCUT2D eigenvalue weighted by molar-refractivity contribution is -0.171. The molecule has 0 aromatic heterocycles. The van der Waals surface area contributed by atoms with Crippen molar-refractivity contribution in [2.24, 2.45) is 17.3 Å². The molecule has 1 fully saturated rings. The zero-order valence-electron chi connectivity index (χ0n) is 15.7. The molecule has 2 rings (SSSR count). The molecule has 0 N–H and O–H groups in total. The summed E-state index contributed by atoms with van der Waals surface area (Å²) in [5.74, 6) is -1.46. The van der Waals surface area contributed by atoms with Gasteiger partial charge in [0.1, 0.15) is 5.60 Å². The standard InChI is InChI=1S/C19H28O6/c1-6-23-16(21)19(17(22)24-7-2)9-8-12(11-19)13-10-14(13)15(20)25-18(3,4)5/h8,13-14H,6-7,9-11H2,1-5H3/t13-,14+/m1/s1. The fourth-order valence-corrected chi connectivity index (χ4v) is 3.26. The Morgan fingerprint density at radius 2 is 1.68 bits per heavy atom. The van der Waals surface area contributed by atoms with Gasteiger partial charge in [0.2, 0.25) is 0 Å². The maximum atomic E-state index is 12.4. The average molecular weight is 352 g/mol. The number of allylic oxidation sites excluding steroid dienone is 2. The van der Waals surface area contributed by atoms with Crippen molar-refractivity contribution in [2.75, 3.05) is 13.2 Å². The SMILES string of the molecule is CCOC(=O)C1(C(=O)OCC)CC=C([C@H]2C[C@@H]2C(=O)OC(C)(C)C)C1. The van der Waals surface area contributed by atoms with Gasteiger partial charge in [0.25, 0.3) is 0 Å². The molecule has 25 heavy (non-hydrogen) atoms. The Morgan fingerprint density at radius 1 is 1.12 bits per heavy atom. The highest BCUT2D eigenvalue weighted by atomic mass is 16.6. The molecule has 1 saturated carbocycles. The average Bonchev–Trinajstić information content (AvgIpc) is 3.18. The van der Waals surface area contributed by atoms with Gasteiger partial charge in [0.05, 0.1) is 19.1 Å². The third-order valence-corrected chi connectivity index (χ3v) is 4.53. The zero-order chi connectivity index (χ0) is 18.8. The molecule has 6 heteroatoms. The summed E-state index contributed by atoms with van der Waals surface area (Å²) in [5, 5.41) is 0. The van der Waals surface area contributed by atoms with Crippen molar-refractivity contribution in [1.82, 2.24) is 0 Å². The van der Waals surface area contributed by atoms with Crippen molar-refractivity contribution >= 4 is 17.9 Å². The van der Waals surface area contributed by atoms with E-state index in [1.165, 1.54) is 0 Å². The van der Waals surface area contributed by atoms with E-state index in [4.69, 9.17) is 14.2 Å². The van der Waals surface area contributed by atoms with Gasteiger partial charge in [0.15, 0.2) is 5.41 Å². The van der Waals surface area contributed by atoms with Gasteiger partial charge in [0, 0.05) is 0 Å². The van der Waals surface area contributed by atoms with Crippen LogP contribution in [0.15, 0.2) is 11.6 Å². The van der Waals surface area contributed by atoms with Gasteiger partial charge in [-0.3, -0.25) is 14.4 Å². The summed E-state index contributed by atoms with van der Waals surface area (Å²) in [5.41, 5.74) is -0.868. The fraction of sp³-hybridized carbons (Fsp3) is 0.737. The van der Waals surface area contributed by atoms with E-state index in [1.54, 1.807) is 13.8 Å². The van der Waals surface area contributed by atoms with E-state index in [-0.39, 0.29) is 43.9 Å². The molecule has 0 unspecified atom stereocenters. The van der Waals surface area contributed by atoms with Crippen molar-refractivity contribution in [3.8, 4) is 0 Å². The van der Waals surface area contributed by atoms with Gasteiger partial charge < -0.3 is 14.2 Å². The predicted molar refractivity (Wildman–Crippen MR) is 90.5 cm³/mol. The van der Waals surface area contributed by atoms with Gasteiger partial charge >= 0.3 is 17.9 Å². The van der Waals surface area contributed by atoms with Crippen LogP contribution < -0.4 is 0 Å². The van der Waals surface area contributed by atoms with Crippen LogP contribution in [0.3, 0.4) is 0 Å². The predicted octanol–water partition coefficient (Wildman–Crippen LogP) is 2.80. The molecule has 2 atom stereocenters. The van der Waals surface area contributed by atoms with E-state index in [9.17, 15) is 14.4 Å². The van der Waals surface area contributed by atoms with Crippen LogP contribution in [0, 0.1) is 17.3 Å². The number of hydrogen-bond donors (Lipinski definition) is 0. The maximum Gasteiger partial charge on any atom is 0.324 e. The van der Waals surface area contributed by atoms with Crippen LogP contribution in [0.5, 0.6) is 0 Å². The lowest BCUT2D eigenvalue weighted by Crippen LogP contribution is -2.40. The number of carbonyl (C=O) groups is 3. The van der Waals surface area contributed by atoms with E-state index in [0.717, 1.165) is 5.57 Å². The first-order chi connectivity index (χ1) is 11.6. The van der Waals surface area contributed by atoms with E-state index in [1.807, 2.05) is 26.8 Å². The number of hydrogen-bond acceptors (Lipinski definition) is 6. The van der Waals surface area contributed by atoms with Gasteiger partial charge in [-0.2, -0.15) is 0 Å². The first-order valence-corrected chi connectivity index (χ1v) is 8.91. The first kappa shape index (κ1) is 19.5. The van der Waals surface area contributed by atoms with E-state index >= 15 is 0 Å². The summed E-state index contributed by atoms with van der Waals surface area (Å²) in [7, 11) is 0. The number of esters is 3. The second-order valence-corrected chi connectivity index (χ2v) is 7.67. The minimum absolute atomic E-state index is 0.0422. The lowest BCUT2D eigenvalue weighted by atomic mass is 9.83. The molecule has 0 saturated heterocycles. The highest BCUT2D eigenvalue weighted by Crippen LogP contribution is 2.53. The first-order valence-electron chi connectivity index (χ1n) is 8.91. The Labute approximate surface area is 148 Å². The molecule has 0 aliphatic heterocycles. The number of ether oxygens (including phenoxy) is 3. The smallest absolute Gasteiger partial charge is 0.324 e. The molecule has 0 aromatic rings. The molecule has 2 aliphatic rings. The van der Waals surface area contributed by atoms with Crippen molar-refractivity contribution in [2.45, 2.75) is 59.5 Å². The zero-order valence-corrected chi connectivity index (χ0v) is 15.7. The molecule has 140 valence electrons. The maximum absolute atomic E-state index is 12.4. The second kappa shape index (κ2) is 7.18. The van der Waals surface area contributed by atoms with Gasteiger partial charge in [-0.25, -0.2) is 0 Å². The summed E-state index contributed by atoms with van der Waals surface area (Å²) in [6, 6.07) is 0. The Balaban J connectivity index is 2.06. The van der Waals surface area contributed by atoms with Crippen molar-refractivity contribution in [1.29, 1.82) is 0 Å². The van der Waals surface area contributed by atoms with Crippen LogP contribution in [0.1, 0.15) is 53.9 Å². The van der Waals surface area contributed by atoms with Gasteiger partial charge in [-0.1, -0.05) is 11.6 Å². The second-order valence-electron chi connectivity index (χ2n) is 7.67.